The van der Waals surface area contributed by atoms with Crippen LogP contribution in [-0.4, -0.2) is 13.2 Å². The van der Waals surface area contributed by atoms with Crippen molar-refractivity contribution in [1.82, 2.24) is 0 Å². The number of carbonyl (C=O) groups excluding carboxylic acids is 1. The highest BCUT2D eigenvalue weighted by Gasteiger charge is 2.01. The molecule has 0 aliphatic rings. The number of methoxy groups -OCH3 is 1. The van der Waals surface area contributed by atoms with E-state index >= 15 is 0 Å². The molecule has 3 heteroatoms. The molecule has 19 heavy (non-hydrogen) atoms. The molecule has 0 saturated carbocycles. The van der Waals surface area contributed by atoms with Gasteiger partial charge in [-0.15, -0.1) is 0 Å². The summed E-state index contributed by atoms with van der Waals surface area (Å²) in [6.45, 7) is 2.08. The Kier molecular flexibility index (Phi) is 4.18. The van der Waals surface area contributed by atoms with Crippen LogP contribution < -0.4 is 5.32 Å². The van der Waals surface area contributed by atoms with Crippen molar-refractivity contribution in [2.75, 3.05) is 12.4 Å². The number of nitrogens with one attached hydrogen (secondary N) is 1. The zero-order valence-electron chi connectivity index (χ0n) is 11.1. The number of rotatable bonds is 3. The predicted octanol–water partition coefficient (Wildman–Crippen LogP) is 3.76. The first kappa shape index (κ1) is 13.1. The standard InChI is InChI=1S/C16H17NO2/c1-12-3-5-13(6-4-12)11-14-7-9-15(10-8-14)17-16(18)19-2/h3-10H,11H2,1-2H3,(H,17,18). The second-order valence-corrected chi connectivity index (χ2v) is 4.48. The Bertz CT molecular complexity index is 544. The van der Waals surface area contributed by atoms with Crippen molar-refractivity contribution in [2.45, 2.75) is 13.3 Å². The van der Waals surface area contributed by atoms with Crippen LogP contribution in [0.2, 0.25) is 0 Å². The maximum atomic E-state index is 11.1. The monoisotopic (exact) mass is 255 g/mol. The number of hydrogen-bond donors (Lipinski definition) is 1. The minimum Gasteiger partial charge on any atom is -0.453 e. The number of carbonyl (C=O) groups is 1. The molecule has 0 aliphatic heterocycles. The van der Waals surface area contributed by atoms with Gasteiger partial charge in [-0.3, -0.25) is 5.32 Å². The van der Waals surface area contributed by atoms with Crippen molar-refractivity contribution in [3.8, 4) is 0 Å². The van der Waals surface area contributed by atoms with E-state index in [9.17, 15) is 4.79 Å². The summed E-state index contributed by atoms with van der Waals surface area (Å²) in [6, 6.07) is 16.3. The zero-order chi connectivity index (χ0) is 13.7. The molecule has 1 amide bonds. The van der Waals surface area contributed by atoms with Crippen molar-refractivity contribution in [2.24, 2.45) is 0 Å². The molecule has 2 aromatic rings. The largest absolute Gasteiger partial charge is 0.453 e. The van der Waals surface area contributed by atoms with E-state index < -0.39 is 6.09 Å². The van der Waals surface area contributed by atoms with E-state index in [0.29, 0.717) is 0 Å². The fourth-order valence-electron chi connectivity index (χ4n) is 1.82. The van der Waals surface area contributed by atoms with Gasteiger partial charge in [0.15, 0.2) is 0 Å². The van der Waals surface area contributed by atoms with E-state index in [1.165, 1.54) is 23.8 Å². The first-order chi connectivity index (χ1) is 9.17. The molecular weight excluding hydrogens is 238 g/mol. The van der Waals surface area contributed by atoms with Crippen molar-refractivity contribution in [3.05, 3.63) is 65.2 Å². The minimum absolute atomic E-state index is 0.453. The highest BCUT2D eigenvalue weighted by Crippen LogP contribution is 2.14. The van der Waals surface area contributed by atoms with Crippen LogP contribution in [0.25, 0.3) is 0 Å². The molecule has 0 bridgehead atoms. The second kappa shape index (κ2) is 6.05. The lowest BCUT2D eigenvalue weighted by Gasteiger charge is -2.06. The molecule has 0 spiro atoms. The molecule has 98 valence electrons. The van der Waals surface area contributed by atoms with Gasteiger partial charge in [-0.1, -0.05) is 42.0 Å². The zero-order valence-corrected chi connectivity index (χ0v) is 11.1. The normalized spacial score (nSPS) is 10.0. The average Bonchev–Trinajstić information content (AvgIpc) is 2.43. The summed E-state index contributed by atoms with van der Waals surface area (Å²) in [4.78, 5) is 11.1. The maximum Gasteiger partial charge on any atom is 0.411 e. The molecule has 0 aliphatic carbocycles. The molecule has 0 aromatic heterocycles. The van der Waals surface area contributed by atoms with Crippen LogP contribution in [0.15, 0.2) is 48.5 Å². The Morgan fingerprint density at radius 1 is 1.00 bits per heavy atom. The van der Waals surface area contributed by atoms with Crippen LogP contribution in [-0.2, 0) is 11.2 Å². The van der Waals surface area contributed by atoms with E-state index in [2.05, 4.69) is 41.2 Å². The third-order valence-electron chi connectivity index (χ3n) is 2.91. The van der Waals surface area contributed by atoms with Crippen LogP contribution in [0, 0.1) is 6.92 Å². The molecule has 0 atom stereocenters. The Morgan fingerprint density at radius 2 is 1.53 bits per heavy atom. The van der Waals surface area contributed by atoms with Gasteiger partial charge in [-0.25, -0.2) is 4.79 Å². The molecule has 0 heterocycles. The van der Waals surface area contributed by atoms with Gasteiger partial charge in [-0.05, 0) is 36.6 Å². The molecule has 1 N–H and O–H groups in total. The predicted molar refractivity (Wildman–Crippen MR) is 76.5 cm³/mol. The van der Waals surface area contributed by atoms with Crippen molar-refractivity contribution in [3.63, 3.8) is 0 Å². The fourth-order valence-corrected chi connectivity index (χ4v) is 1.82. The van der Waals surface area contributed by atoms with Crippen LogP contribution >= 0.6 is 0 Å². The van der Waals surface area contributed by atoms with Crippen LogP contribution in [0.5, 0.6) is 0 Å². The lowest BCUT2D eigenvalue weighted by molar-refractivity contribution is 0.187. The van der Waals surface area contributed by atoms with E-state index in [1.807, 2.05) is 24.3 Å². The molecule has 2 rings (SSSR count). The maximum absolute atomic E-state index is 11.1. The molecule has 0 radical (unpaired) electrons. The first-order valence-corrected chi connectivity index (χ1v) is 6.17. The van der Waals surface area contributed by atoms with E-state index in [1.54, 1.807) is 0 Å². The van der Waals surface area contributed by atoms with E-state index in [-0.39, 0.29) is 0 Å². The van der Waals surface area contributed by atoms with Gasteiger partial charge >= 0.3 is 6.09 Å². The third-order valence-corrected chi connectivity index (χ3v) is 2.91. The van der Waals surface area contributed by atoms with Gasteiger partial charge in [0.05, 0.1) is 7.11 Å². The summed E-state index contributed by atoms with van der Waals surface area (Å²) in [7, 11) is 1.35. The van der Waals surface area contributed by atoms with Crippen LogP contribution in [0.4, 0.5) is 10.5 Å². The van der Waals surface area contributed by atoms with Crippen LogP contribution in [0.1, 0.15) is 16.7 Å². The Labute approximate surface area is 113 Å². The highest BCUT2D eigenvalue weighted by molar-refractivity contribution is 5.84. The smallest absolute Gasteiger partial charge is 0.411 e. The van der Waals surface area contributed by atoms with Gasteiger partial charge in [0.2, 0.25) is 0 Å². The van der Waals surface area contributed by atoms with E-state index in [0.717, 1.165) is 12.1 Å². The lowest BCUT2D eigenvalue weighted by Crippen LogP contribution is -2.10. The topological polar surface area (TPSA) is 38.3 Å². The summed E-state index contributed by atoms with van der Waals surface area (Å²) in [5, 5.41) is 2.63. The third kappa shape index (κ3) is 3.85. The average molecular weight is 255 g/mol. The number of benzene rings is 2. The van der Waals surface area contributed by atoms with Crippen molar-refractivity contribution in [1.29, 1.82) is 0 Å². The SMILES string of the molecule is COC(=O)Nc1ccc(Cc2ccc(C)cc2)cc1. The summed E-state index contributed by atoms with van der Waals surface area (Å²) >= 11 is 0. The van der Waals surface area contributed by atoms with Gasteiger partial charge in [0.1, 0.15) is 0 Å². The van der Waals surface area contributed by atoms with Gasteiger partial charge in [-0.2, -0.15) is 0 Å². The molecule has 0 unspecified atom stereocenters. The number of ether oxygens (including phenoxy) is 1. The number of aryl methyl sites for hydroxylation is 1. The minimum atomic E-state index is -0.453. The summed E-state index contributed by atoms with van der Waals surface area (Å²) in [5.74, 6) is 0. The fraction of sp³-hybridized carbons (Fsp3) is 0.188. The number of amides is 1. The summed E-state index contributed by atoms with van der Waals surface area (Å²) < 4.78 is 4.54. The Hall–Kier alpha value is -2.29. The van der Waals surface area contributed by atoms with Crippen LogP contribution in [0.3, 0.4) is 0 Å². The molecule has 0 saturated heterocycles. The van der Waals surface area contributed by atoms with E-state index in [4.69, 9.17) is 0 Å². The summed E-state index contributed by atoms with van der Waals surface area (Å²) in [6.07, 6.45) is 0.435. The Balaban J connectivity index is 2.02. The molecule has 2 aromatic carbocycles. The van der Waals surface area contributed by atoms with Crippen molar-refractivity contribution < 1.29 is 9.53 Å². The van der Waals surface area contributed by atoms with Gasteiger partial charge < -0.3 is 4.74 Å². The Morgan fingerprint density at radius 3 is 2.05 bits per heavy atom. The van der Waals surface area contributed by atoms with Crippen molar-refractivity contribution >= 4 is 11.8 Å². The molecule has 3 nitrogen and oxygen atoms in total. The van der Waals surface area contributed by atoms with Gasteiger partial charge in [0.25, 0.3) is 0 Å². The quantitative estimate of drug-likeness (QED) is 0.906. The number of hydrogen-bond acceptors (Lipinski definition) is 2. The number of anilines is 1. The second-order valence-electron chi connectivity index (χ2n) is 4.48. The molecular formula is C16H17NO2. The lowest BCUT2D eigenvalue weighted by atomic mass is 10.0. The molecule has 0 fully saturated rings. The first-order valence-electron chi connectivity index (χ1n) is 6.17. The van der Waals surface area contributed by atoms with Gasteiger partial charge in [0, 0.05) is 5.69 Å². The summed E-state index contributed by atoms with van der Waals surface area (Å²) in [5.41, 5.74) is 4.49. The highest BCUT2D eigenvalue weighted by atomic mass is 16.5.